The van der Waals surface area contributed by atoms with Crippen LogP contribution >= 0.6 is 0 Å². The first-order valence-electron chi connectivity index (χ1n) is 2.64. The number of likely N-dealkylation sites (N-methyl/N-ethyl adjacent to an activating group) is 1. The van der Waals surface area contributed by atoms with E-state index in [1.807, 2.05) is 0 Å². The lowest BCUT2D eigenvalue weighted by atomic mass is 10.3. The molecule has 0 atom stereocenters. The van der Waals surface area contributed by atoms with E-state index < -0.39 is 0 Å². The molecular formula is C6H11NO2. The summed E-state index contributed by atoms with van der Waals surface area (Å²) in [5.41, 5.74) is 0.484. The molecule has 52 valence electrons. The molecule has 0 rings (SSSR count). The summed E-state index contributed by atoms with van der Waals surface area (Å²) in [5.74, 6) is -0.0284. The van der Waals surface area contributed by atoms with E-state index in [0.717, 1.165) is 0 Å². The van der Waals surface area contributed by atoms with Gasteiger partial charge < -0.3 is 10.1 Å². The lowest BCUT2D eigenvalue weighted by molar-refractivity contribution is -0.114. The predicted octanol–water partition coefficient (Wildman–Crippen LogP) is 0.283. The minimum absolute atomic E-state index is 0.0284. The summed E-state index contributed by atoms with van der Waals surface area (Å²) in [6, 6.07) is 0. The smallest absolute Gasteiger partial charge is 0.178 e. The van der Waals surface area contributed by atoms with E-state index in [-0.39, 0.29) is 5.78 Å². The number of nitrogens with one attached hydrogen (secondary N) is 1. The van der Waals surface area contributed by atoms with Crippen LogP contribution in [-0.4, -0.2) is 19.9 Å². The van der Waals surface area contributed by atoms with Gasteiger partial charge in [-0.2, -0.15) is 0 Å². The van der Waals surface area contributed by atoms with Crippen molar-refractivity contribution in [1.29, 1.82) is 0 Å². The quantitative estimate of drug-likeness (QED) is 0.439. The normalized spacial score (nSPS) is 10.8. The molecule has 0 amide bonds. The molecule has 0 saturated heterocycles. The van der Waals surface area contributed by atoms with Gasteiger partial charge in [-0.15, -0.1) is 0 Å². The maximum Gasteiger partial charge on any atom is 0.178 e. The summed E-state index contributed by atoms with van der Waals surface area (Å²) >= 11 is 0. The molecule has 9 heavy (non-hydrogen) atoms. The Hall–Kier alpha value is -0.990. The molecule has 0 aliphatic carbocycles. The standard InChI is InChI=1S/C6H11NO2/c1-5(8)6(7-2)4-9-3/h4,7H,1-3H3/b6-4+. The van der Waals surface area contributed by atoms with Crippen LogP contribution in [0.4, 0.5) is 0 Å². The van der Waals surface area contributed by atoms with Crippen molar-refractivity contribution in [3.63, 3.8) is 0 Å². The molecule has 0 fully saturated rings. The molecule has 0 unspecified atom stereocenters. The van der Waals surface area contributed by atoms with E-state index in [1.165, 1.54) is 20.3 Å². The van der Waals surface area contributed by atoms with Gasteiger partial charge in [-0.05, 0) is 0 Å². The Balaban J connectivity index is 3.98. The minimum Gasteiger partial charge on any atom is -0.502 e. The first kappa shape index (κ1) is 8.01. The number of methoxy groups -OCH3 is 1. The highest BCUT2D eigenvalue weighted by Gasteiger charge is 1.97. The van der Waals surface area contributed by atoms with Gasteiger partial charge in [0.25, 0.3) is 0 Å². The zero-order valence-corrected chi connectivity index (χ0v) is 5.89. The van der Waals surface area contributed by atoms with Gasteiger partial charge in [-0.3, -0.25) is 4.79 Å². The lowest BCUT2D eigenvalue weighted by Crippen LogP contribution is -2.13. The van der Waals surface area contributed by atoms with Gasteiger partial charge in [0.2, 0.25) is 0 Å². The number of hydrogen-bond acceptors (Lipinski definition) is 3. The largest absolute Gasteiger partial charge is 0.502 e. The van der Waals surface area contributed by atoms with Crippen LogP contribution in [0.2, 0.25) is 0 Å². The number of ketones is 1. The second-order valence-corrected chi connectivity index (χ2v) is 1.57. The topological polar surface area (TPSA) is 38.3 Å². The number of Topliss-reactive ketones (excluding diaryl/α,β-unsaturated/α-hetero) is 1. The van der Waals surface area contributed by atoms with Crippen LogP contribution in [0.5, 0.6) is 0 Å². The van der Waals surface area contributed by atoms with Crippen molar-refractivity contribution in [2.75, 3.05) is 14.2 Å². The number of ether oxygens (including phenoxy) is 1. The lowest BCUT2D eigenvalue weighted by Gasteiger charge is -1.98. The highest BCUT2D eigenvalue weighted by molar-refractivity contribution is 5.92. The van der Waals surface area contributed by atoms with Gasteiger partial charge in [0, 0.05) is 14.0 Å². The molecular weight excluding hydrogens is 118 g/mol. The first-order valence-corrected chi connectivity index (χ1v) is 2.64. The van der Waals surface area contributed by atoms with Gasteiger partial charge in [-0.1, -0.05) is 0 Å². The van der Waals surface area contributed by atoms with Crippen LogP contribution < -0.4 is 5.32 Å². The number of allylic oxidation sites excluding steroid dienone is 1. The van der Waals surface area contributed by atoms with E-state index >= 15 is 0 Å². The van der Waals surface area contributed by atoms with Gasteiger partial charge in [-0.25, -0.2) is 0 Å². The summed E-state index contributed by atoms with van der Waals surface area (Å²) in [5, 5.41) is 2.69. The van der Waals surface area contributed by atoms with Gasteiger partial charge in [0.15, 0.2) is 5.78 Å². The van der Waals surface area contributed by atoms with Crippen molar-refractivity contribution < 1.29 is 9.53 Å². The molecule has 3 nitrogen and oxygen atoms in total. The first-order chi connectivity index (χ1) is 4.22. The molecule has 0 saturated carbocycles. The fourth-order valence-electron chi connectivity index (χ4n) is 0.436. The highest BCUT2D eigenvalue weighted by atomic mass is 16.5. The summed E-state index contributed by atoms with van der Waals surface area (Å²) < 4.78 is 4.61. The predicted molar refractivity (Wildman–Crippen MR) is 34.8 cm³/mol. The van der Waals surface area contributed by atoms with E-state index in [0.29, 0.717) is 5.70 Å². The second-order valence-electron chi connectivity index (χ2n) is 1.57. The van der Waals surface area contributed by atoms with Crippen molar-refractivity contribution in [1.82, 2.24) is 5.32 Å². The third-order valence-corrected chi connectivity index (χ3v) is 0.884. The molecule has 0 bridgehead atoms. The molecule has 3 heteroatoms. The van der Waals surface area contributed by atoms with Crippen molar-refractivity contribution in [2.45, 2.75) is 6.92 Å². The zero-order valence-electron chi connectivity index (χ0n) is 5.89. The van der Waals surface area contributed by atoms with Crippen LogP contribution in [0.3, 0.4) is 0 Å². The van der Waals surface area contributed by atoms with Gasteiger partial charge in [0.1, 0.15) is 12.0 Å². The van der Waals surface area contributed by atoms with E-state index in [2.05, 4.69) is 10.1 Å². The summed E-state index contributed by atoms with van der Waals surface area (Å²) in [7, 11) is 3.17. The maximum atomic E-state index is 10.6. The van der Waals surface area contributed by atoms with Crippen molar-refractivity contribution >= 4 is 5.78 Å². The Labute approximate surface area is 54.7 Å². The van der Waals surface area contributed by atoms with Crippen LogP contribution in [0.15, 0.2) is 12.0 Å². The zero-order chi connectivity index (χ0) is 7.28. The molecule has 0 aliphatic rings. The fraction of sp³-hybridized carbons (Fsp3) is 0.500. The van der Waals surface area contributed by atoms with Crippen LogP contribution in [0.1, 0.15) is 6.92 Å². The average molecular weight is 129 g/mol. The molecule has 0 aliphatic heterocycles. The number of rotatable bonds is 3. The van der Waals surface area contributed by atoms with Crippen LogP contribution in [-0.2, 0) is 9.53 Å². The molecule has 0 spiro atoms. The van der Waals surface area contributed by atoms with Crippen molar-refractivity contribution in [2.24, 2.45) is 0 Å². The maximum absolute atomic E-state index is 10.6. The Kier molecular flexibility index (Phi) is 3.51. The summed E-state index contributed by atoms with van der Waals surface area (Å²) in [6.07, 6.45) is 1.38. The Morgan fingerprint density at radius 1 is 1.67 bits per heavy atom. The fourth-order valence-corrected chi connectivity index (χ4v) is 0.436. The van der Waals surface area contributed by atoms with E-state index in [4.69, 9.17) is 0 Å². The number of carbonyl (C=O) groups excluding carboxylic acids is 1. The molecule has 0 aromatic rings. The Bertz CT molecular complexity index is 129. The third kappa shape index (κ3) is 2.74. The van der Waals surface area contributed by atoms with Crippen LogP contribution in [0, 0.1) is 0 Å². The summed E-state index contributed by atoms with van der Waals surface area (Å²) in [4.78, 5) is 10.6. The van der Waals surface area contributed by atoms with Crippen molar-refractivity contribution in [3.8, 4) is 0 Å². The second kappa shape index (κ2) is 3.95. The molecule has 0 aromatic carbocycles. The number of carbonyl (C=O) groups is 1. The van der Waals surface area contributed by atoms with E-state index in [1.54, 1.807) is 7.05 Å². The van der Waals surface area contributed by atoms with Gasteiger partial charge in [0.05, 0.1) is 7.11 Å². The number of hydrogen-bond donors (Lipinski definition) is 1. The minimum atomic E-state index is -0.0284. The van der Waals surface area contributed by atoms with Gasteiger partial charge >= 0.3 is 0 Å². The third-order valence-electron chi connectivity index (χ3n) is 0.884. The molecule has 0 aromatic heterocycles. The molecule has 0 heterocycles. The summed E-state index contributed by atoms with van der Waals surface area (Å²) in [6.45, 7) is 1.47. The molecule has 1 N–H and O–H groups in total. The highest BCUT2D eigenvalue weighted by Crippen LogP contribution is 1.88. The Morgan fingerprint density at radius 2 is 2.22 bits per heavy atom. The molecule has 0 radical (unpaired) electrons. The Morgan fingerprint density at radius 3 is 2.33 bits per heavy atom. The monoisotopic (exact) mass is 129 g/mol. The average Bonchev–Trinajstić information content (AvgIpc) is 1.82. The van der Waals surface area contributed by atoms with Crippen molar-refractivity contribution in [3.05, 3.63) is 12.0 Å². The van der Waals surface area contributed by atoms with Crippen LogP contribution in [0.25, 0.3) is 0 Å². The SMILES string of the molecule is CN/C(=C/OC)C(C)=O. The van der Waals surface area contributed by atoms with E-state index in [9.17, 15) is 4.79 Å².